The molecular weight excluding hydrogens is 248 g/mol. The molecule has 6 heteroatoms. The van der Waals surface area contributed by atoms with E-state index < -0.39 is 0 Å². The number of fused-ring (bicyclic) bond motifs is 1. The lowest BCUT2D eigenvalue weighted by Gasteiger charge is -2.17. The lowest BCUT2D eigenvalue weighted by atomic mass is 10.0. The summed E-state index contributed by atoms with van der Waals surface area (Å²) in [5.74, 6) is 6.66. The molecule has 0 spiro atoms. The minimum absolute atomic E-state index is 0.113. The van der Waals surface area contributed by atoms with Gasteiger partial charge in [0.15, 0.2) is 0 Å². The number of nitrogens with zero attached hydrogens (tertiary/aromatic N) is 2. The number of para-hydroxylation sites is 1. The molecule has 0 aliphatic carbocycles. The van der Waals surface area contributed by atoms with Crippen LogP contribution in [-0.4, -0.2) is 16.2 Å². The third kappa shape index (κ3) is 1.78. The number of nitrogens with one attached hydrogen (secondary N) is 1. The second-order valence-corrected chi connectivity index (χ2v) is 5.04. The Morgan fingerprint density at radius 2 is 2.39 bits per heavy atom. The first-order chi connectivity index (χ1) is 8.81. The van der Waals surface area contributed by atoms with E-state index in [4.69, 9.17) is 10.6 Å². The van der Waals surface area contributed by atoms with Gasteiger partial charge in [0.2, 0.25) is 0 Å². The Morgan fingerprint density at radius 1 is 1.50 bits per heavy atom. The molecule has 1 aromatic carbocycles. The van der Waals surface area contributed by atoms with Crippen LogP contribution < -0.4 is 16.0 Å². The van der Waals surface area contributed by atoms with Gasteiger partial charge in [-0.05, 0) is 24.0 Å². The van der Waals surface area contributed by atoms with Crippen molar-refractivity contribution >= 4 is 11.5 Å². The van der Waals surface area contributed by atoms with Crippen LogP contribution >= 0.6 is 11.5 Å². The van der Waals surface area contributed by atoms with Gasteiger partial charge < -0.3 is 4.74 Å². The Labute approximate surface area is 109 Å². The SMILES string of the molecule is Cc1nnsc1C(NN)c1cccc2c1OCC2. The highest BCUT2D eigenvalue weighted by molar-refractivity contribution is 7.05. The van der Waals surface area contributed by atoms with Crippen LogP contribution in [0.5, 0.6) is 5.75 Å². The molecule has 0 bridgehead atoms. The summed E-state index contributed by atoms with van der Waals surface area (Å²) in [5.41, 5.74) is 6.04. The zero-order chi connectivity index (χ0) is 12.5. The third-order valence-corrected chi connectivity index (χ3v) is 4.06. The van der Waals surface area contributed by atoms with Gasteiger partial charge in [0.1, 0.15) is 5.75 Å². The van der Waals surface area contributed by atoms with E-state index in [0.717, 1.165) is 34.9 Å². The number of ether oxygens (including phenoxy) is 1. The summed E-state index contributed by atoms with van der Waals surface area (Å²) in [6, 6.07) is 6.06. The van der Waals surface area contributed by atoms with Gasteiger partial charge in [0, 0.05) is 12.0 Å². The molecule has 1 aromatic heterocycles. The number of aromatic nitrogens is 2. The van der Waals surface area contributed by atoms with Gasteiger partial charge in [-0.15, -0.1) is 5.10 Å². The van der Waals surface area contributed by atoms with E-state index in [1.165, 1.54) is 17.1 Å². The molecule has 1 atom stereocenters. The maximum absolute atomic E-state index is 5.72. The minimum atomic E-state index is -0.113. The van der Waals surface area contributed by atoms with Crippen molar-refractivity contribution in [1.82, 2.24) is 15.0 Å². The van der Waals surface area contributed by atoms with Crippen LogP contribution in [0.25, 0.3) is 0 Å². The van der Waals surface area contributed by atoms with Gasteiger partial charge in [0.25, 0.3) is 0 Å². The molecule has 2 aromatic rings. The fraction of sp³-hybridized carbons (Fsp3) is 0.333. The molecule has 94 valence electrons. The largest absolute Gasteiger partial charge is 0.493 e. The summed E-state index contributed by atoms with van der Waals surface area (Å²) in [6.07, 6.45) is 0.959. The first-order valence-corrected chi connectivity index (χ1v) is 6.58. The van der Waals surface area contributed by atoms with E-state index in [1.807, 2.05) is 19.1 Å². The molecular formula is C12H14N4OS. The molecule has 3 rings (SSSR count). The van der Waals surface area contributed by atoms with E-state index in [2.05, 4.69) is 21.1 Å². The second kappa shape index (κ2) is 4.64. The number of aryl methyl sites for hydroxylation is 1. The Balaban J connectivity index is 2.08. The predicted molar refractivity (Wildman–Crippen MR) is 69.5 cm³/mol. The van der Waals surface area contributed by atoms with Crippen molar-refractivity contribution in [3.8, 4) is 5.75 Å². The van der Waals surface area contributed by atoms with E-state index >= 15 is 0 Å². The van der Waals surface area contributed by atoms with Gasteiger partial charge in [-0.1, -0.05) is 22.7 Å². The normalized spacial score (nSPS) is 15.2. The quantitative estimate of drug-likeness (QED) is 0.645. The summed E-state index contributed by atoms with van der Waals surface area (Å²) >= 11 is 1.36. The zero-order valence-electron chi connectivity index (χ0n) is 10.0. The highest BCUT2D eigenvalue weighted by Crippen LogP contribution is 2.37. The molecule has 0 saturated carbocycles. The average Bonchev–Trinajstić information content (AvgIpc) is 3.00. The van der Waals surface area contributed by atoms with Crippen LogP contribution in [0.15, 0.2) is 18.2 Å². The molecule has 0 amide bonds. The van der Waals surface area contributed by atoms with Crippen molar-refractivity contribution in [3.05, 3.63) is 39.9 Å². The smallest absolute Gasteiger partial charge is 0.127 e. The lowest BCUT2D eigenvalue weighted by Crippen LogP contribution is -2.29. The van der Waals surface area contributed by atoms with Gasteiger partial charge in [-0.25, -0.2) is 5.43 Å². The number of hydrogen-bond donors (Lipinski definition) is 2. The molecule has 0 radical (unpaired) electrons. The Bertz CT molecular complexity index is 569. The van der Waals surface area contributed by atoms with Gasteiger partial charge in [-0.2, -0.15) is 0 Å². The number of hydrazine groups is 1. The van der Waals surface area contributed by atoms with Crippen molar-refractivity contribution in [1.29, 1.82) is 0 Å². The number of benzene rings is 1. The molecule has 5 nitrogen and oxygen atoms in total. The number of nitrogens with two attached hydrogens (primary N) is 1. The molecule has 1 aliphatic heterocycles. The molecule has 1 aliphatic rings. The molecule has 3 N–H and O–H groups in total. The first-order valence-electron chi connectivity index (χ1n) is 5.81. The van der Waals surface area contributed by atoms with Crippen molar-refractivity contribution in [2.24, 2.45) is 5.84 Å². The Morgan fingerprint density at radius 3 is 3.11 bits per heavy atom. The molecule has 0 fully saturated rings. The van der Waals surface area contributed by atoms with Crippen LogP contribution in [0.1, 0.15) is 27.7 Å². The van der Waals surface area contributed by atoms with Gasteiger partial charge in [-0.3, -0.25) is 5.84 Å². The fourth-order valence-corrected chi connectivity index (χ4v) is 3.00. The minimum Gasteiger partial charge on any atom is -0.493 e. The maximum atomic E-state index is 5.72. The topological polar surface area (TPSA) is 73.1 Å². The van der Waals surface area contributed by atoms with E-state index in [1.54, 1.807) is 0 Å². The summed E-state index contributed by atoms with van der Waals surface area (Å²) in [5, 5.41) is 4.04. The monoisotopic (exact) mass is 262 g/mol. The van der Waals surface area contributed by atoms with E-state index in [-0.39, 0.29) is 6.04 Å². The van der Waals surface area contributed by atoms with Crippen LogP contribution in [-0.2, 0) is 6.42 Å². The number of hydrogen-bond acceptors (Lipinski definition) is 6. The summed E-state index contributed by atoms with van der Waals surface area (Å²) in [4.78, 5) is 1.03. The van der Waals surface area contributed by atoms with Crippen LogP contribution in [0.4, 0.5) is 0 Å². The lowest BCUT2D eigenvalue weighted by molar-refractivity contribution is 0.350. The van der Waals surface area contributed by atoms with Crippen LogP contribution in [0.2, 0.25) is 0 Å². The average molecular weight is 262 g/mol. The molecule has 1 unspecified atom stereocenters. The molecule has 18 heavy (non-hydrogen) atoms. The Hall–Kier alpha value is -1.50. The second-order valence-electron chi connectivity index (χ2n) is 4.26. The van der Waals surface area contributed by atoms with E-state index in [9.17, 15) is 0 Å². The number of rotatable bonds is 3. The first kappa shape index (κ1) is 11.6. The fourth-order valence-electron chi connectivity index (χ4n) is 2.28. The maximum Gasteiger partial charge on any atom is 0.127 e. The highest BCUT2D eigenvalue weighted by atomic mass is 32.1. The van der Waals surface area contributed by atoms with Gasteiger partial charge in [0.05, 0.1) is 23.2 Å². The molecule has 2 heterocycles. The summed E-state index contributed by atoms with van der Waals surface area (Å²) in [7, 11) is 0. The van der Waals surface area contributed by atoms with Crippen molar-refractivity contribution < 1.29 is 4.74 Å². The van der Waals surface area contributed by atoms with Gasteiger partial charge >= 0.3 is 0 Å². The van der Waals surface area contributed by atoms with Crippen molar-refractivity contribution in [2.45, 2.75) is 19.4 Å². The summed E-state index contributed by atoms with van der Waals surface area (Å²) in [6.45, 7) is 2.68. The Kier molecular flexibility index (Phi) is 2.99. The standard InChI is InChI=1S/C12H14N4OS/c1-7-12(18-16-15-7)10(14-13)9-4-2-3-8-5-6-17-11(8)9/h2-4,10,14H,5-6,13H2,1H3. The van der Waals surface area contributed by atoms with Crippen molar-refractivity contribution in [2.75, 3.05) is 6.61 Å². The predicted octanol–water partition coefficient (Wildman–Crippen LogP) is 1.33. The summed E-state index contributed by atoms with van der Waals surface area (Å²) < 4.78 is 9.68. The third-order valence-electron chi connectivity index (χ3n) is 3.17. The van der Waals surface area contributed by atoms with Crippen LogP contribution in [0.3, 0.4) is 0 Å². The molecule has 0 saturated heterocycles. The van der Waals surface area contributed by atoms with Crippen LogP contribution in [0, 0.1) is 6.92 Å². The van der Waals surface area contributed by atoms with Crippen molar-refractivity contribution in [3.63, 3.8) is 0 Å². The zero-order valence-corrected chi connectivity index (χ0v) is 10.8. The highest BCUT2D eigenvalue weighted by Gasteiger charge is 2.25. The van der Waals surface area contributed by atoms with E-state index in [0.29, 0.717) is 0 Å².